The van der Waals surface area contributed by atoms with Crippen LogP contribution in [0.15, 0.2) is 46.3 Å². The number of rotatable bonds is 3. The van der Waals surface area contributed by atoms with E-state index in [4.69, 9.17) is 0 Å². The largest absolute Gasteiger partial charge is 0.284 e. The van der Waals surface area contributed by atoms with Gasteiger partial charge in [-0.25, -0.2) is 0 Å². The fraction of sp³-hybridized carbons (Fsp3) is 0.267. The Bertz CT molecular complexity index is 646. The lowest BCUT2D eigenvalue weighted by Crippen LogP contribution is -2.31. The molecule has 4 nitrogen and oxygen atoms in total. The van der Waals surface area contributed by atoms with Crippen LogP contribution in [0.3, 0.4) is 0 Å². The van der Waals surface area contributed by atoms with E-state index >= 15 is 0 Å². The fourth-order valence-electron chi connectivity index (χ4n) is 2.61. The highest BCUT2D eigenvalue weighted by molar-refractivity contribution is 9.11. The molecule has 1 aromatic carbocycles. The van der Waals surface area contributed by atoms with E-state index in [0.29, 0.717) is 0 Å². The molecule has 2 aromatic rings. The van der Waals surface area contributed by atoms with Crippen LogP contribution in [0.5, 0.6) is 0 Å². The molecule has 0 radical (unpaired) electrons. The molecule has 1 saturated heterocycles. The van der Waals surface area contributed by atoms with Gasteiger partial charge in [0.25, 0.3) is 5.91 Å². The van der Waals surface area contributed by atoms with Crippen LogP contribution < -0.4 is 0 Å². The zero-order valence-corrected chi connectivity index (χ0v) is 13.8. The van der Waals surface area contributed by atoms with E-state index in [0.717, 1.165) is 19.3 Å². The molecule has 1 fully saturated rings. The van der Waals surface area contributed by atoms with Crippen LogP contribution in [0, 0.1) is 0 Å². The second-order valence-corrected chi connectivity index (χ2v) is 7.51. The molecule has 2 unspecified atom stereocenters. The van der Waals surface area contributed by atoms with Crippen LogP contribution in [-0.4, -0.2) is 27.6 Å². The van der Waals surface area contributed by atoms with E-state index < -0.39 is 6.17 Å². The van der Waals surface area contributed by atoms with Gasteiger partial charge in [-0.1, -0.05) is 30.3 Å². The number of benzene rings is 1. The lowest BCUT2D eigenvalue weighted by atomic mass is 10.1. The average molecular weight is 367 g/mol. The maximum absolute atomic E-state index is 11.9. The van der Waals surface area contributed by atoms with Crippen molar-refractivity contribution in [1.29, 1.82) is 0 Å². The van der Waals surface area contributed by atoms with Crippen molar-refractivity contribution < 1.29 is 10.0 Å². The van der Waals surface area contributed by atoms with Crippen LogP contribution in [0.1, 0.15) is 29.6 Å². The molecule has 21 heavy (non-hydrogen) atoms. The van der Waals surface area contributed by atoms with Crippen molar-refractivity contribution >= 4 is 33.2 Å². The smallest absolute Gasteiger partial charge is 0.262 e. The minimum Gasteiger partial charge on any atom is -0.284 e. The van der Waals surface area contributed by atoms with Crippen molar-refractivity contribution in [3.63, 3.8) is 0 Å². The number of hydroxylamine groups is 2. The molecule has 1 aliphatic rings. The third-order valence-corrected chi connectivity index (χ3v) is 5.41. The molecule has 1 N–H and O–H groups in total. The van der Waals surface area contributed by atoms with E-state index in [1.807, 2.05) is 47.4 Å². The predicted octanol–water partition coefficient (Wildman–Crippen LogP) is 3.80. The number of carbonyl (C=O) groups is 1. The van der Waals surface area contributed by atoms with Gasteiger partial charge in [0.1, 0.15) is 6.17 Å². The van der Waals surface area contributed by atoms with E-state index in [-0.39, 0.29) is 18.5 Å². The molecule has 110 valence electrons. The van der Waals surface area contributed by atoms with Crippen molar-refractivity contribution in [2.75, 3.05) is 6.54 Å². The maximum Gasteiger partial charge on any atom is 0.262 e. The molecule has 6 heteroatoms. The molecule has 0 aliphatic carbocycles. The van der Waals surface area contributed by atoms with Gasteiger partial charge in [-0.15, -0.1) is 11.3 Å². The molecule has 0 saturated carbocycles. The maximum atomic E-state index is 11.9. The zero-order valence-electron chi connectivity index (χ0n) is 11.4. The van der Waals surface area contributed by atoms with Crippen molar-refractivity contribution in [2.24, 2.45) is 0 Å². The summed E-state index contributed by atoms with van der Waals surface area (Å²) in [5.74, 6) is -0.271. The Kier molecular flexibility index (Phi) is 4.12. The Hall–Kier alpha value is -1.21. The van der Waals surface area contributed by atoms with Crippen molar-refractivity contribution in [1.82, 2.24) is 9.96 Å². The summed E-state index contributed by atoms with van der Waals surface area (Å²) in [6.07, 6.45) is -0.427. The van der Waals surface area contributed by atoms with Gasteiger partial charge in [-0.3, -0.25) is 14.9 Å². The van der Waals surface area contributed by atoms with Crippen LogP contribution in [0.25, 0.3) is 0 Å². The van der Waals surface area contributed by atoms with E-state index in [2.05, 4.69) is 22.9 Å². The molecule has 1 amide bonds. The highest BCUT2D eigenvalue weighted by Crippen LogP contribution is 2.39. The third-order valence-electron chi connectivity index (χ3n) is 3.75. The lowest BCUT2D eigenvalue weighted by molar-refractivity contribution is -0.170. The molecule has 0 spiro atoms. The van der Waals surface area contributed by atoms with Gasteiger partial charge in [-0.2, -0.15) is 5.06 Å². The number of thiophene rings is 1. The Balaban J connectivity index is 1.94. The number of halogens is 1. The summed E-state index contributed by atoms with van der Waals surface area (Å²) >= 11 is 4.96. The number of carbonyl (C=O) groups excluding carboxylic acids is 1. The topological polar surface area (TPSA) is 43.8 Å². The monoisotopic (exact) mass is 366 g/mol. The second kappa shape index (κ2) is 5.88. The fourth-order valence-corrected chi connectivity index (χ4v) is 4.15. The van der Waals surface area contributed by atoms with Crippen molar-refractivity contribution in [3.8, 4) is 0 Å². The number of nitrogens with zero attached hydrogens (tertiary/aromatic N) is 2. The summed E-state index contributed by atoms with van der Waals surface area (Å²) < 4.78 is 0.984. The molecule has 1 aromatic heterocycles. The normalized spacial score (nSPS) is 21.0. The average Bonchev–Trinajstić information content (AvgIpc) is 3.04. The van der Waals surface area contributed by atoms with Crippen LogP contribution in [0.2, 0.25) is 0 Å². The Morgan fingerprint density at radius 3 is 2.62 bits per heavy atom. The summed E-state index contributed by atoms with van der Waals surface area (Å²) in [7, 11) is 0. The molecule has 1 aliphatic heterocycles. The van der Waals surface area contributed by atoms with Crippen LogP contribution in [0.4, 0.5) is 0 Å². The third kappa shape index (κ3) is 2.76. The predicted molar refractivity (Wildman–Crippen MR) is 85.0 cm³/mol. The van der Waals surface area contributed by atoms with E-state index in [9.17, 15) is 10.0 Å². The van der Waals surface area contributed by atoms with Crippen molar-refractivity contribution in [2.45, 2.75) is 19.1 Å². The summed E-state index contributed by atoms with van der Waals surface area (Å²) in [4.78, 5) is 14.9. The Morgan fingerprint density at radius 1 is 1.29 bits per heavy atom. The molecule has 0 bridgehead atoms. The number of hydrogen-bond acceptors (Lipinski definition) is 4. The van der Waals surface area contributed by atoms with E-state index in [1.54, 1.807) is 0 Å². The van der Waals surface area contributed by atoms with Gasteiger partial charge >= 0.3 is 0 Å². The first-order valence-electron chi connectivity index (χ1n) is 6.65. The quantitative estimate of drug-likeness (QED) is 0.840. The molecule has 2 atom stereocenters. The Morgan fingerprint density at radius 2 is 2.00 bits per heavy atom. The Labute approximate surface area is 135 Å². The highest BCUT2D eigenvalue weighted by Gasteiger charge is 2.41. The summed E-state index contributed by atoms with van der Waals surface area (Å²) in [5.41, 5.74) is 1.13. The lowest BCUT2D eigenvalue weighted by Gasteiger charge is -2.30. The van der Waals surface area contributed by atoms with Gasteiger partial charge in [0.05, 0.1) is 10.3 Å². The summed E-state index contributed by atoms with van der Waals surface area (Å²) in [5, 5.41) is 11.0. The first-order valence-corrected chi connectivity index (χ1v) is 8.25. The molecular formula is C15H15BrN2O2S. The first kappa shape index (κ1) is 14.7. The molecule has 3 rings (SSSR count). The van der Waals surface area contributed by atoms with Gasteiger partial charge in [0.2, 0.25) is 0 Å². The van der Waals surface area contributed by atoms with Gasteiger partial charge < -0.3 is 0 Å². The summed E-state index contributed by atoms with van der Waals surface area (Å²) in [6, 6.07) is 13.9. The van der Waals surface area contributed by atoms with Gasteiger partial charge in [-0.05, 0) is 40.5 Å². The minimum absolute atomic E-state index is 0.0400. The molecular weight excluding hydrogens is 352 g/mol. The van der Waals surface area contributed by atoms with Crippen molar-refractivity contribution in [3.05, 3.63) is 56.7 Å². The van der Waals surface area contributed by atoms with Gasteiger partial charge in [0, 0.05) is 10.9 Å². The van der Waals surface area contributed by atoms with Crippen LogP contribution in [-0.2, 0) is 4.79 Å². The minimum atomic E-state index is -0.427. The second-order valence-electron chi connectivity index (χ2n) is 5.01. The number of hydrogen-bond donors (Lipinski definition) is 1. The first-order chi connectivity index (χ1) is 10.1. The number of amides is 1. The van der Waals surface area contributed by atoms with Gasteiger partial charge in [0.15, 0.2) is 0 Å². The van der Waals surface area contributed by atoms with Crippen LogP contribution >= 0.6 is 27.3 Å². The van der Waals surface area contributed by atoms with E-state index in [1.165, 1.54) is 11.3 Å². The SMILES string of the molecule is CC(c1ccccc1)N1CC(=O)N(O)C1c1ccc(Br)s1. The zero-order chi connectivity index (χ0) is 15.0. The summed E-state index contributed by atoms with van der Waals surface area (Å²) in [6.45, 7) is 2.27. The highest BCUT2D eigenvalue weighted by atomic mass is 79.9. The standard InChI is InChI=1S/C15H15BrN2O2S/c1-10(11-5-3-2-4-6-11)17-9-14(19)18(20)15(17)12-7-8-13(16)21-12/h2-8,10,15,20H,9H2,1H3. The molecule has 2 heterocycles.